The van der Waals surface area contributed by atoms with Crippen LogP contribution in [0, 0.1) is 6.92 Å². The van der Waals surface area contributed by atoms with Gasteiger partial charge in [-0.15, -0.1) is 0 Å². The highest BCUT2D eigenvalue weighted by Crippen LogP contribution is 2.35. The van der Waals surface area contributed by atoms with Gasteiger partial charge in [0.1, 0.15) is 0 Å². The van der Waals surface area contributed by atoms with Crippen LogP contribution >= 0.6 is 11.6 Å². The van der Waals surface area contributed by atoms with Gasteiger partial charge in [0.25, 0.3) is 0 Å². The zero-order valence-electron chi connectivity index (χ0n) is 11.0. The molecule has 5 nitrogen and oxygen atoms in total. The molecule has 1 aromatic heterocycles. The predicted octanol–water partition coefficient (Wildman–Crippen LogP) is 2.19. The molecular weight excluding hydrogens is 319 g/mol. The third-order valence-corrected chi connectivity index (χ3v) is 4.51. The second kappa shape index (κ2) is 6.31. The summed E-state index contributed by atoms with van der Waals surface area (Å²) in [6.07, 6.45) is -4.29. The Morgan fingerprint density at radius 1 is 1.40 bits per heavy atom. The molecule has 0 aliphatic carbocycles. The molecule has 0 aliphatic heterocycles. The van der Waals surface area contributed by atoms with Gasteiger partial charge in [-0.3, -0.25) is 4.68 Å². The average Bonchev–Trinajstić information content (AvgIpc) is 2.62. The Labute approximate surface area is 120 Å². The van der Waals surface area contributed by atoms with Gasteiger partial charge >= 0.3 is 6.18 Å². The van der Waals surface area contributed by atoms with Crippen LogP contribution in [0.2, 0.25) is 5.02 Å². The van der Waals surface area contributed by atoms with Gasteiger partial charge in [-0.2, -0.15) is 18.3 Å². The first-order valence-corrected chi connectivity index (χ1v) is 7.89. The summed E-state index contributed by atoms with van der Waals surface area (Å²) in [5, 5.41) is 2.99. The molecule has 1 heterocycles. The van der Waals surface area contributed by atoms with Crippen molar-refractivity contribution in [2.24, 2.45) is 0 Å². The molecule has 20 heavy (non-hydrogen) atoms. The summed E-state index contributed by atoms with van der Waals surface area (Å²) in [7, 11) is -3.30. The molecular formula is C10H15ClF3N3O2S. The Morgan fingerprint density at radius 2 is 2.00 bits per heavy atom. The molecule has 10 heteroatoms. The number of hydrogen-bond acceptors (Lipinski definition) is 3. The first-order valence-electron chi connectivity index (χ1n) is 5.86. The van der Waals surface area contributed by atoms with Gasteiger partial charge in [-0.1, -0.05) is 11.6 Å². The topological polar surface area (TPSA) is 64.0 Å². The lowest BCUT2D eigenvalue weighted by atomic mass is 10.3. The summed E-state index contributed by atoms with van der Waals surface area (Å²) in [5.41, 5.74) is -0.914. The van der Waals surface area contributed by atoms with Crippen molar-refractivity contribution in [1.82, 2.24) is 14.5 Å². The number of alkyl halides is 3. The predicted molar refractivity (Wildman–Crippen MR) is 69.1 cm³/mol. The van der Waals surface area contributed by atoms with Gasteiger partial charge in [0.15, 0.2) is 5.69 Å². The Kier molecular flexibility index (Phi) is 5.45. The number of aryl methyl sites for hydroxylation is 1. The summed E-state index contributed by atoms with van der Waals surface area (Å²) >= 11 is 5.59. The molecule has 0 amide bonds. The number of hydrogen-bond donors (Lipinski definition) is 1. The fraction of sp³-hybridized carbons (Fsp3) is 0.700. The third kappa shape index (κ3) is 4.35. The Hall–Kier alpha value is -0.800. The zero-order chi connectivity index (χ0) is 15.6. The fourth-order valence-electron chi connectivity index (χ4n) is 1.48. The number of sulfonamides is 1. The van der Waals surface area contributed by atoms with Gasteiger partial charge in [0, 0.05) is 13.1 Å². The number of nitrogens with one attached hydrogen (secondary N) is 1. The molecule has 116 valence electrons. The highest BCUT2D eigenvalue weighted by molar-refractivity contribution is 7.89. The normalized spacial score (nSPS) is 12.9. The van der Waals surface area contributed by atoms with E-state index in [1.165, 1.54) is 13.8 Å². The van der Waals surface area contributed by atoms with E-state index >= 15 is 0 Å². The van der Waals surface area contributed by atoms with Crippen molar-refractivity contribution in [3.63, 3.8) is 0 Å². The molecule has 0 atom stereocenters. The van der Waals surface area contributed by atoms with Crippen molar-refractivity contribution in [3.8, 4) is 0 Å². The highest BCUT2D eigenvalue weighted by atomic mass is 35.5. The maximum Gasteiger partial charge on any atom is 0.436 e. The van der Waals surface area contributed by atoms with Crippen molar-refractivity contribution < 1.29 is 21.6 Å². The molecule has 1 N–H and O–H groups in total. The standard InChI is InChI=1S/C10H15ClF3N3O2S/c1-3-20(18,19)15-5-4-6-17-7(2)8(11)9(16-17)10(12,13)14/h15H,3-6H2,1-2H3. The average molecular weight is 334 g/mol. The first-order chi connectivity index (χ1) is 9.08. The van der Waals surface area contributed by atoms with E-state index in [4.69, 9.17) is 11.6 Å². The summed E-state index contributed by atoms with van der Waals surface area (Å²) < 4.78 is 63.5. The van der Waals surface area contributed by atoms with Crippen LogP contribution in [0.1, 0.15) is 24.7 Å². The minimum absolute atomic E-state index is 0.0438. The van der Waals surface area contributed by atoms with Crippen molar-refractivity contribution in [1.29, 1.82) is 0 Å². The molecule has 0 saturated heterocycles. The van der Waals surface area contributed by atoms with Crippen LogP contribution < -0.4 is 4.72 Å². The molecule has 0 aliphatic rings. The lowest BCUT2D eigenvalue weighted by Gasteiger charge is -2.06. The van der Waals surface area contributed by atoms with E-state index in [1.807, 2.05) is 0 Å². The van der Waals surface area contributed by atoms with Crippen LogP contribution in [0.5, 0.6) is 0 Å². The monoisotopic (exact) mass is 333 g/mol. The molecule has 0 aromatic carbocycles. The molecule has 0 saturated carbocycles. The summed E-state index contributed by atoms with van der Waals surface area (Å²) in [5.74, 6) is -0.0438. The quantitative estimate of drug-likeness (QED) is 0.812. The first kappa shape index (κ1) is 17.3. The SMILES string of the molecule is CCS(=O)(=O)NCCCn1nc(C(F)(F)F)c(Cl)c1C. The number of nitrogens with zero attached hydrogens (tertiary/aromatic N) is 2. The lowest BCUT2D eigenvalue weighted by Crippen LogP contribution is -2.27. The largest absolute Gasteiger partial charge is 0.436 e. The maximum atomic E-state index is 12.6. The van der Waals surface area contributed by atoms with Crippen LogP contribution in [-0.4, -0.2) is 30.5 Å². The van der Waals surface area contributed by atoms with Crippen molar-refractivity contribution >= 4 is 21.6 Å². The molecule has 1 aromatic rings. The summed E-state index contributed by atoms with van der Waals surface area (Å²) in [6.45, 7) is 3.21. The van der Waals surface area contributed by atoms with Crippen LogP contribution in [-0.2, 0) is 22.7 Å². The van der Waals surface area contributed by atoms with E-state index in [2.05, 4.69) is 9.82 Å². The molecule has 0 spiro atoms. The number of halogens is 4. The molecule has 1 rings (SSSR count). The zero-order valence-corrected chi connectivity index (χ0v) is 12.5. The number of aromatic nitrogens is 2. The van der Waals surface area contributed by atoms with Crippen LogP contribution in [0.15, 0.2) is 0 Å². The molecule has 0 bridgehead atoms. The second-order valence-electron chi connectivity index (χ2n) is 4.12. The molecule has 0 fully saturated rings. The summed E-state index contributed by atoms with van der Waals surface area (Å²) in [4.78, 5) is 0. The van der Waals surface area contributed by atoms with Crippen LogP contribution in [0.4, 0.5) is 13.2 Å². The van der Waals surface area contributed by atoms with E-state index < -0.39 is 26.9 Å². The van der Waals surface area contributed by atoms with Gasteiger partial charge in [-0.25, -0.2) is 13.1 Å². The summed E-state index contributed by atoms with van der Waals surface area (Å²) in [6, 6.07) is 0. The minimum atomic E-state index is -4.60. The van der Waals surface area contributed by atoms with Gasteiger partial charge < -0.3 is 0 Å². The maximum absolute atomic E-state index is 12.6. The number of rotatable bonds is 6. The molecule has 0 unspecified atom stereocenters. The van der Waals surface area contributed by atoms with Gasteiger partial charge in [0.05, 0.1) is 16.5 Å². The Balaban J connectivity index is 2.66. The van der Waals surface area contributed by atoms with Gasteiger partial charge in [0.2, 0.25) is 10.0 Å². The van der Waals surface area contributed by atoms with Crippen LogP contribution in [0.3, 0.4) is 0 Å². The van der Waals surface area contributed by atoms with E-state index in [0.717, 1.165) is 4.68 Å². The highest BCUT2D eigenvalue weighted by Gasteiger charge is 2.38. The second-order valence-corrected chi connectivity index (χ2v) is 6.59. The van der Waals surface area contributed by atoms with E-state index in [0.29, 0.717) is 6.42 Å². The Bertz CT molecular complexity index is 569. The Morgan fingerprint density at radius 3 is 2.45 bits per heavy atom. The molecule has 0 radical (unpaired) electrons. The smallest absolute Gasteiger partial charge is 0.268 e. The third-order valence-electron chi connectivity index (χ3n) is 2.65. The fourth-order valence-corrected chi connectivity index (χ4v) is 2.38. The van der Waals surface area contributed by atoms with Crippen LogP contribution in [0.25, 0.3) is 0 Å². The van der Waals surface area contributed by atoms with Crippen molar-refractivity contribution in [2.45, 2.75) is 33.0 Å². The van der Waals surface area contributed by atoms with Crippen molar-refractivity contribution in [2.75, 3.05) is 12.3 Å². The van der Waals surface area contributed by atoms with Crippen molar-refractivity contribution in [3.05, 3.63) is 16.4 Å². The van der Waals surface area contributed by atoms with E-state index in [-0.39, 0.29) is 24.5 Å². The van der Waals surface area contributed by atoms with E-state index in [9.17, 15) is 21.6 Å². The van der Waals surface area contributed by atoms with Gasteiger partial charge in [-0.05, 0) is 20.3 Å². The lowest BCUT2D eigenvalue weighted by molar-refractivity contribution is -0.141. The minimum Gasteiger partial charge on any atom is -0.268 e. The van der Waals surface area contributed by atoms with E-state index in [1.54, 1.807) is 0 Å².